The molecule has 0 spiro atoms. The summed E-state index contributed by atoms with van der Waals surface area (Å²) < 4.78 is 12.2. The second kappa shape index (κ2) is 5.81. The molecule has 1 aromatic heterocycles. The van der Waals surface area contributed by atoms with Gasteiger partial charge in [0, 0.05) is 24.2 Å². The highest BCUT2D eigenvalue weighted by atomic mass is 16.5. The van der Waals surface area contributed by atoms with E-state index in [0.29, 0.717) is 17.3 Å². The summed E-state index contributed by atoms with van der Waals surface area (Å²) in [7, 11) is 4.97. The number of methoxy groups -OCH3 is 2. The molecule has 2 aromatic rings. The Hall–Kier alpha value is -2.25. The first kappa shape index (κ1) is 14.2. The molecule has 1 aromatic carbocycles. The first-order valence-corrected chi connectivity index (χ1v) is 6.07. The van der Waals surface area contributed by atoms with E-state index in [2.05, 4.69) is 10.5 Å². The molecule has 2 rings (SSSR count). The predicted octanol–water partition coefficient (Wildman–Crippen LogP) is 0.572. The molecule has 7 heteroatoms. The number of hydrogen-bond acceptors (Lipinski definition) is 6. The van der Waals surface area contributed by atoms with Gasteiger partial charge in [-0.15, -0.1) is 0 Å². The van der Waals surface area contributed by atoms with E-state index in [9.17, 15) is 0 Å². The van der Waals surface area contributed by atoms with E-state index in [1.807, 2.05) is 12.1 Å². The Bertz CT molecular complexity index is 596. The fraction of sp³-hybridized carbons (Fsp3) is 0.308. The van der Waals surface area contributed by atoms with Crippen molar-refractivity contribution in [2.24, 2.45) is 12.9 Å². The topological polar surface area (TPSA) is 100 Å². The molecule has 0 aliphatic heterocycles. The lowest BCUT2D eigenvalue weighted by atomic mass is 10.00. The zero-order chi connectivity index (χ0) is 14.7. The lowest BCUT2D eigenvalue weighted by molar-refractivity contribution is 0.387. The first-order valence-electron chi connectivity index (χ1n) is 6.07. The molecular weight excluding hydrogens is 258 g/mol. The summed E-state index contributed by atoms with van der Waals surface area (Å²) in [6.07, 6.45) is 1.68. The predicted molar refractivity (Wildman–Crippen MR) is 76.3 cm³/mol. The van der Waals surface area contributed by atoms with Crippen LogP contribution >= 0.6 is 0 Å². The maximum absolute atomic E-state index is 6.00. The van der Waals surface area contributed by atoms with Crippen LogP contribution in [0.2, 0.25) is 0 Å². The molecule has 0 aliphatic rings. The number of nitrogens with zero attached hydrogens (tertiary/aromatic N) is 2. The van der Waals surface area contributed by atoms with Crippen LogP contribution in [0.1, 0.15) is 17.2 Å². The van der Waals surface area contributed by atoms with Gasteiger partial charge in [-0.05, 0) is 12.1 Å². The molecule has 5 N–H and O–H groups in total. The van der Waals surface area contributed by atoms with Crippen LogP contribution in [0, 0.1) is 0 Å². The molecule has 0 radical (unpaired) electrons. The highest BCUT2D eigenvalue weighted by Gasteiger charge is 2.22. The van der Waals surface area contributed by atoms with E-state index in [-0.39, 0.29) is 6.04 Å². The van der Waals surface area contributed by atoms with Crippen molar-refractivity contribution >= 4 is 5.82 Å². The third kappa shape index (κ3) is 2.40. The highest BCUT2D eigenvalue weighted by Crippen LogP contribution is 2.34. The van der Waals surface area contributed by atoms with Crippen molar-refractivity contribution in [3.05, 3.63) is 35.5 Å². The maximum Gasteiger partial charge on any atom is 0.127 e. The van der Waals surface area contributed by atoms with Crippen molar-refractivity contribution < 1.29 is 9.47 Å². The Morgan fingerprint density at radius 2 is 2.00 bits per heavy atom. The number of hydrogen-bond donors (Lipinski definition) is 3. The Balaban J connectivity index is 2.49. The molecule has 0 aliphatic carbocycles. The van der Waals surface area contributed by atoms with Crippen molar-refractivity contribution in [1.82, 2.24) is 15.2 Å². The Kier molecular flexibility index (Phi) is 4.11. The monoisotopic (exact) mass is 277 g/mol. The quantitative estimate of drug-likeness (QED) is 0.546. The molecule has 0 fully saturated rings. The van der Waals surface area contributed by atoms with Crippen LogP contribution in [0.15, 0.2) is 24.4 Å². The molecule has 108 valence electrons. The van der Waals surface area contributed by atoms with E-state index >= 15 is 0 Å². The van der Waals surface area contributed by atoms with E-state index in [1.54, 1.807) is 38.2 Å². The summed E-state index contributed by atoms with van der Waals surface area (Å²) >= 11 is 0. The van der Waals surface area contributed by atoms with Crippen molar-refractivity contribution in [2.75, 3.05) is 20.0 Å². The average molecular weight is 277 g/mol. The average Bonchev–Trinajstić information content (AvgIpc) is 2.80. The first-order chi connectivity index (χ1) is 9.62. The van der Waals surface area contributed by atoms with Gasteiger partial charge in [0.2, 0.25) is 0 Å². The van der Waals surface area contributed by atoms with Gasteiger partial charge in [0.1, 0.15) is 17.3 Å². The van der Waals surface area contributed by atoms with Gasteiger partial charge in [-0.25, -0.2) is 5.43 Å². The number of nitrogens with one attached hydrogen (secondary N) is 1. The summed E-state index contributed by atoms with van der Waals surface area (Å²) in [5.41, 5.74) is 10.4. The van der Waals surface area contributed by atoms with E-state index in [0.717, 1.165) is 11.1 Å². The van der Waals surface area contributed by atoms with Crippen LogP contribution in [0.5, 0.6) is 11.5 Å². The van der Waals surface area contributed by atoms with Crippen molar-refractivity contribution in [2.45, 2.75) is 6.04 Å². The number of ether oxygens (including phenoxy) is 2. The van der Waals surface area contributed by atoms with Crippen LogP contribution in [-0.2, 0) is 7.05 Å². The fourth-order valence-electron chi connectivity index (χ4n) is 2.09. The standard InChI is InChI=1S/C13H19N5O2/c1-18-13(14)10(7-16-18)12(17-15)9-5-4-8(19-2)6-11(9)20-3/h4-7,12,17H,14-15H2,1-3H3. The maximum atomic E-state index is 6.00. The summed E-state index contributed by atoms with van der Waals surface area (Å²) in [6, 6.07) is 5.21. The molecule has 0 amide bonds. The van der Waals surface area contributed by atoms with Gasteiger partial charge in [-0.1, -0.05) is 0 Å². The number of nitrogen functional groups attached to an aromatic ring is 1. The summed E-state index contributed by atoms with van der Waals surface area (Å²) in [5, 5.41) is 4.13. The lowest BCUT2D eigenvalue weighted by Gasteiger charge is -2.19. The third-order valence-electron chi connectivity index (χ3n) is 3.24. The highest BCUT2D eigenvalue weighted by molar-refractivity contribution is 5.51. The second-order valence-corrected chi connectivity index (χ2v) is 4.32. The Morgan fingerprint density at radius 3 is 2.50 bits per heavy atom. The van der Waals surface area contributed by atoms with Crippen molar-refractivity contribution in [3.8, 4) is 11.5 Å². The van der Waals surface area contributed by atoms with Gasteiger partial charge < -0.3 is 15.2 Å². The molecule has 20 heavy (non-hydrogen) atoms. The van der Waals surface area contributed by atoms with Gasteiger partial charge in [-0.2, -0.15) is 5.10 Å². The summed E-state index contributed by atoms with van der Waals surface area (Å²) in [6.45, 7) is 0. The number of aromatic nitrogens is 2. The second-order valence-electron chi connectivity index (χ2n) is 4.32. The Morgan fingerprint density at radius 1 is 1.25 bits per heavy atom. The lowest BCUT2D eigenvalue weighted by Crippen LogP contribution is -2.29. The molecule has 0 saturated carbocycles. The molecule has 1 atom stereocenters. The minimum Gasteiger partial charge on any atom is -0.497 e. The largest absolute Gasteiger partial charge is 0.497 e. The molecule has 0 saturated heterocycles. The number of hydrazine groups is 1. The van der Waals surface area contributed by atoms with E-state index in [1.165, 1.54) is 0 Å². The van der Waals surface area contributed by atoms with E-state index in [4.69, 9.17) is 21.1 Å². The third-order valence-corrected chi connectivity index (χ3v) is 3.24. The van der Waals surface area contributed by atoms with E-state index < -0.39 is 0 Å². The normalized spacial score (nSPS) is 12.2. The van der Waals surface area contributed by atoms with Crippen LogP contribution in [0.3, 0.4) is 0 Å². The summed E-state index contributed by atoms with van der Waals surface area (Å²) in [5.74, 6) is 7.60. The van der Waals surface area contributed by atoms with Crippen LogP contribution in [-0.4, -0.2) is 24.0 Å². The number of anilines is 1. The molecule has 1 heterocycles. The zero-order valence-corrected chi connectivity index (χ0v) is 11.8. The fourth-order valence-corrected chi connectivity index (χ4v) is 2.09. The number of nitrogens with two attached hydrogens (primary N) is 2. The Labute approximate surface area is 117 Å². The molecule has 1 unspecified atom stereocenters. The van der Waals surface area contributed by atoms with Crippen LogP contribution in [0.4, 0.5) is 5.82 Å². The minimum atomic E-state index is -0.315. The number of aryl methyl sites for hydroxylation is 1. The SMILES string of the molecule is COc1ccc(C(NN)c2cnn(C)c2N)c(OC)c1. The van der Waals surface area contributed by atoms with Gasteiger partial charge in [0.05, 0.1) is 26.5 Å². The van der Waals surface area contributed by atoms with Gasteiger partial charge in [0.15, 0.2) is 0 Å². The molecule has 7 nitrogen and oxygen atoms in total. The minimum absolute atomic E-state index is 0.315. The van der Waals surface area contributed by atoms with Crippen molar-refractivity contribution in [3.63, 3.8) is 0 Å². The number of benzene rings is 1. The van der Waals surface area contributed by atoms with Gasteiger partial charge in [0.25, 0.3) is 0 Å². The van der Waals surface area contributed by atoms with Crippen LogP contribution < -0.4 is 26.5 Å². The molecule has 0 bridgehead atoms. The van der Waals surface area contributed by atoms with Gasteiger partial charge in [-0.3, -0.25) is 10.5 Å². The van der Waals surface area contributed by atoms with Crippen LogP contribution in [0.25, 0.3) is 0 Å². The summed E-state index contributed by atoms with van der Waals surface area (Å²) in [4.78, 5) is 0. The van der Waals surface area contributed by atoms with Gasteiger partial charge >= 0.3 is 0 Å². The number of rotatable bonds is 5. The molecular formula is C13H19N5O2. The smallest absolute Gasteiger partial charge is 0.127 e. The van der Waals surface area contributed by atoms with Crippen molar-refractivity contribution in [1.29, 1.82) is 0 Å². The zero-order valence-electron chi connectivity index (χ0n) is 11.8.